The first-order valence-electron chi connectivity index (χ1n) is 8.22. The zero-order valence-electron chi connectivity index (χ0n) is 13.4. The predicted octanol–water partition coefficient (Wildman–Crippen LogP) is 2.55. The summed E-state index contributed by atoms with van der Waals surface area (Å²) in [6.45, 7) is 2.39. The molecule has 1 saturated heterocycles. The molecule has 1 N–H and O–H groups in total. The Morgan fingerprint density at radius 3 is 2.83 bits per heavy atom. The summed E-state index contributed by atoms with van der Waals surface area (Å²) in [5, 5.41) is 5.90. The fourth-order valence-corrected chi connectivity index (χ4v) is 5.02. The molecule has 1 aromatic rings. The Labute approximate surface area is 145 Å². The van der Waals surface area contributed by atoms with Gasteiger partial charge in [-0.05, 0) is 19.8 Å². The van der Waals surface area contributed by atoms with E-state index in [9.17, 15) is 9.59 Å². The molecule has 2 amide bonds. The number of thiazole rings is 1. The maximum atomic E-state index is 12.7. The van der Waals surface area contributed by atoms with Crippen LogP contribution in [0.4, 0.5) is 0 Å². The summed E-state index contributed by atoms with van der Waals surface area (Å²) in [4.78, 5) is 31.3. The van der Waals surface area contributed by atoms with Gasteiger partial charge in [-0.25, -0.2) is 4.98 Å². The van der Waals surface area contributed by atoms with Gasteiger partial charge in [0, 0.05) is 17.1 Å². The van der Waals surface area contributed by atoms with Crippen molar-refractivity contribution in [3.05, 3.63) is 16.1 Å². The largest absolute Gasteiger partial charge is 0.349 e. The van der Waals surface area contributed by atoms with Crippen LogP contribution in [-0.2, 0) is 16.1 Å². The number of hydrogen-bond donors (Lipinski definition) is 1. The summed E-state index contributed by atoms with van der Waals surface area (Å²) in [6.07, 6.45) is 5.46. The summed E-state index contributed by atoms with van der Waals surface area (Å²) in [5.74, 6) is 1.59. The zero-order chi connectivity index (χ0) is 16.2. The topological polar surface area (TPSA) is 62.3 Å². The minimum absolute atomic E-state index is 0.0511. The van der Waals surface area contributed by atoms with E-state index >= 15 is 0 Å². The van der Waals surface area contributed by atoms with E-state index in [2.05, 4.69) is 10.3 Å². The second kappa shape index (κ2) is 7.66. The molecule has 1 saturated carbocycles. The lowest BCUT2D eigenvalue weighted by Gasteiger charge is -2.29. The average molecular weight is 354 g/mol. The van der Waals surface area contributed by atoms with Crippen LogP contribution in [0, 0.1) is 12.8 Å². The van der Waals surface area contributed by atoms with Crippen LogP contribution < -0.4 is 5.32 Å². The maximum Gasteiger partial charge on any atom is 0.244 e. The van der Waals surface area contributed by atoms with Gasteiger partial charge in [-0.1, -0.05) is 19.3 Å². The standard InChI is InChI=1S/C16H23N3O2S2/c1-11-18-13(8-23-11)7-17-15(20)14-9-22-10-19(14)16(21)12-5-3-2-4-6-12/h8,12,14H,2-7,9-10H2,1H3,(H,17,20)/t14-/m1/s1. The Balaban J connectivity index is 1.56. The Hall–Kier alpha value is -1.08. The molecule has 0 spiro atoms. The molecular formula is C16H23N3O2S2. The Morgan fingerprint density at radius 1 is 1.35 bits per heavy atom. The molecule has 1 aliphatic carbocycles. The highest BCUT2D eigenvalue weighted by molar-refractivity contribution is 7.99. The van der Waals surface area contributed by atoms with Crippen LogP contribution in [0.15, 0.2) is 5.38 Å². The second-order valence-electron chi connectivity index (χ2n) is 6.23. The number of aromatic nitrogens is 1. The van der Waals surface area contributed by atoms with Gasteiger partial charge >= 0.3 is 0 Å². The Morgan fingerprint density at radius 2 is 2.13 bits per heavy atom. The van der Waals surface area contributed by atoms with E-state index in [1.807, 2.05) is 12.3 Å². The predicted molar refractivity (Wildman–Crippen MR) is 93.2 cm³/mol. The molecule has 0 radical (unpaired) electrons. The number of thioether (sulfide) groups is 1. The molecule has 3 rings (SSSR count). The van der Waals surface area contributed by atoms with E-state index < -0.39 is 0 Å². The minimum Gasteiger partial charge on any atom is -0.349 e. The van der Waals surface area contributed by atoms with Gasteiger partial charge in [-0.3, -0.25) is 9.59 Å². The number of rotatable bonds is 4. The van der Waals surface area contributed by atoms with Crippen molar-refractivity contribution in [3.8, 4) is 0 Å². The number of nitrogens with one attached hydrogen (secondary N) is 1. The molecule has 2 aliphatic rings. The van der Waals surface area contributed by atoms with Crippen molar-refractivity contribution < 1.29 is 9.59 Å². The van der Waals surface area contributed by atoms with Crippen LogP contribution in [0.3, 0.4) is 0 Å². The normalized spacial score (nSPS) is 22.3. The molecule has 126 valence electrons. The van der Waals surface area contributed by atoms with Gasteiger partial charge in [0.15, 0.2) is 0 Å². The van der Waals surface area contributed by atoms with Crippen LogP contribution in [0.1, 0.15) is 42.8 Å². The molecule has 2 heterocycles. The van der Waals surface area contributed by atoms with E-state index in [4.69, 9.17) is 0 Å². The number of carbonyl (C=O) groups is 2. The van der Waals surface area contributed by atoms with Crippen molar-refractivity contribution >= 4 is 34.9 Å². The summed E-state index contributed by atoms with van der Waals surface area (Å²) in [7, 11) is 0. The number of aryl methyl sites for hydroxylation is 1. The number of hydrogen-bond acceptors (Lipinski definition) is 5. The van der Waals surface area contributed by atoms with Crippen molar-refractivity contribution in [3.63, 3.8) is 0 Å². The lowest BCUT2D eigenvalue weighted by molar-refractivity contribution is -0.142. The first kappa shape index (κ1) is 16.8. The molecule has 7 heteroatoms. The molecule has 1 atom stereocenters. The van der Waals surface area contributed by atoms with E-state index in [1.54, 1.807) is 28.0 Å². The number of carbonyl (C=O) groups excluding carboxylic acids is 2. The summed E-state index contributed by atoms with van der Waals surface area (Å²) in [5.41, 5.74) is 0.886. The first-order chi connectivity index (χ1) is 11.1. The third-order valence-corrected chi connectivity index (χ3v) is 6.37. The van der Waals surface area contributed by atoms with Gasteiger partial charge in [0.25, 0.3) is 0 Å². The quantitative estimate of drug-likeness (QED) is 0.904. The molecule has 2 fully saturated rings. The second-order valence-corrected chi connectivity index (χ2v) is 8.30. The highest BCUT2D eigenvalue weighted by Crippen LogP contribution is 2.30. The van der Waals surface area contributed by atoms with Crippen LogP contribution in [-0.4, -0.2) is 39.4 Å². The van der Waals surface area contributed by atoms with Crippen LogP contribution in [0.25, 0.3) is 0 Å². The highest BCUT2D eigenvalue weighted by atomic mass is 32.2. The molecule has 5 nitrogen and oxygen atoms in total. The fourth-order valence-electron chi connectivity index (χ4n) is 3.25. The van der Waals surface area contributed by atoms with Crippen molar-refractivity contribution in [2.45, 2.75) is 51.6 Å². The Kier molecular flexibility index (Phi) is 5.58. The lowest BCUT2D eigenvalue weighted by atomic mass is 9.88. The molecular weight excluding hydrogens is 330 g/mol. The highest BCUT2D eigenvalue weighted by Gasteiger charge is 2.37. The van der Waals surface area contributed by atoms with Gasteiger partial charge in [0.05, 0.1) is 23.1 Å². The van der Waals surface area contributed by atoms with Crippen molar-refractivity contribution in [1.29, 1.82) is 0 Å². The van der Waals surface area contributed by atoms with Crippen LogP contribution in [0.2, 0.25) is 0 Å². The van der Waals surface area contributed by atoms with Gasteiger partial charge in [-0.2, -0.15) is 0 Å². The van der Waals surface area contributed by atoms with E-state index in [0.29, 0.717) is 18.2 Å². The first-order valence-corrected chi connectivity index (χ1v) is 10.3. The van der Waals surface area contributed by atoms with E-state index in [0.717, 1.165) is 36.4 Å². The van der Waals surface area contributed by atoms with Crippen molar-refractivity contribution in [1.82, 2.24) is 15.2 Å². The lowest BCUT2D eigenvalue weighted by Crippen LogP contribution is -2.49. The molecule has 1 aliphatic heterocycles. The zero-order valence-corrected chi connectivity index (χ0v) is 15.0. The number of amides is 2. The van der Waals surface area contributed by atoms with E-state index in [-0.39, 0.29) is 23.8 Å². The van der Waals surface area contributed by atoms with Gasteiger partial charge < -0.3 is 10.2 Å². The maximum absolute atomic E-state index is 12.7. The number of nitrogens with zero attached hydrogens (tertiary/aromatic N) is 2. The molecule has 0 bridgehead atoms. The van der Waals surface area contributed by atoms with Crippen molar-refractivity contribution in [2.75, 3.05) is 11.6 Å². The SMILES string of the molecule is Cc1nc(CNC(=O)[C@H]2CSCN2C(=O)C2CCCCC2)cs1. The van der Waals surface area contributed by atoms with Gasteiger partial charge in [0.2, 0.25) is 11.8 Å². The third kappa shape index (κ3) is 4.07. The monoisotopic (exact) mass is 353 g/mol. The minimum atomic E-state index is -0.325. The molecule has 23 heavy (non-hydrogen) atoms. The average Bonchev–Trinajstić information content (AvgIpc) is 3.21. The summed E-state index contributed by atoms with van der Waals surface area (Å²) >= 11 is 3.25. The van der Waals surface area contributed by atoms with Crippen LogP contribution >= 0.6 is 23.1 Å². The molecule has 0 aromatic carbocycles. The van der Waals surface area contributed by atoms with Gasteiger partial charge in [0.1, 0.15) is 6.04 Å². The van der Waals surface area contributed by atoms with Gasteiger partial charge in [-0.15, -0.1) is 23.1 Å². The third-order valence-electron chi connectivity index (χ3n) is 4.53. The van der Waals surface area contributed by atoms with Crippen molar-refractivity contribution in [2.24, 2.45) is 5.92 Å². The Bertz CT molecular complexity index is 569. The summed E-state index contributed by atoms with van der Waals surface area (Å²) < 4.78 is 0. The molecule has 1 aromatic heterocycles. The van der Waals surface area contributed by atoms with E-state index in [1.165, 1.54) is 6.42 Å². The fraction of sp³-hybridized carbons (Fsp3) is 0.688. The molecule has 0 unspecified atom stereocenters. The smallest absolute Gasteiger partial charge is 0.244 e. The summed E-state index contributed by atoms with van der Waals surface area (Å²) in [6, 6.07) is -0.325. The van der Waals surface area contributed by atoms with Crippen LogP contribution in [0.5, 0.6) is 0 Å².